The van der Waals surface area contributed by atoms with Crippen molar-refractivity contribution in [3.05, 3.63) is 12.1 Å². The van der Waals surface area contributed by atoms with E-state index >= 15 is 0 Å². The summed E-state index contributed by atoms with van der Waals surface area (Å²) in [6, 6.07) is 3.16. The minimum absolute atomic E-state index is 0.0616. The molecule has 3 N–H and O–H groups in total. The zero-order valence-corrected chi connectivity index (χ0v) is 14.1. The summed E-state index contributed by atoms with van der Waals surface area (Å²) in [6.45, 7) is 4.69. The molecule has 0 radical (unpaired) electrons. The first-order valence-electron chi connectivity index (χ1n) is 8.21. The first-order chi connectivity index (χ1) is 11.4. The van der Waals surface area contributed by atoms with E-state index in [4.69, 9.17) is 4.84 Å². The largest absolute Gasteiger partial charge is 0.492 e. The van der Waals surface area contributed by atoms with Gasteiger partial charge in [0.25, 0.3) is 0 Å². The van der Waals surface area contributed by atoms with Gasteiger partial charge in [0.2, 0.25) is 17.7 Å². The van der Waals surface area contributed by atoms with E-state index < -0.39 is 5.97 Å². The standard InChI is InChI=1S/C16H25N3O5/c1-11-4-3-5-12(2)18(11)10-13(20)17-9-8-16(23)24-19-14(21)6-7-15(19)22/h6-7,11-12,21-22H,3-5,8-10H2,1-2H3,(H,17,20)/t11-,12+/i1+1,2+1,11+1,12+1,17+1. The molecule has 8 nitrogen and oxygen atoms in total. The van der Waals surface area contributed by atoms with Crippen LogP contribution in [0.15, 0.2) is 12.1 Å². The van der Waals surface area contributed by atoms with E-state index in [9.17, 15) is 19.8 Å². The molecule has 2 rings (SSSR count). The van der Waals surface area contributed by atoms with Gasteiger partial charge in [-0.15, -0.1) is 4.73 Å². The highest BCUT2D eigenvalue weighted by molar-refractivity contribution is 5.79. The molecule has 0 saturated carbocycles. The molecule has 2 atom stereocenters. The molecule has 8 heteroatoms. The van der Waals surface area contributed by atoms with Gasteiger partial charge < -0.3 is 20.4 Å². The summed E-state index contributed by atoms with van der Waals surface area (Å²) >= 11 is 0. The number of nitrogens with zero attached hydrogens (tertiary/aromatic N) is 2. The molecule has 24 heavy (non-hydrogen) atoms. The zero-order valence-electron chi connectivity index (χ0n) is 14.1. The molecule has 1 aromatic heterocycles. The number of aromatic hydroxyl groups is 2. The van der Waals surface area contributed by atoms with Crippen molar-refractivity contribution in [2.75, 3.05) is 13.1 Å². The first-order valence-corrected chi connectivity index (χ1v) is 8.21. The second-order valence-electron chi connectivity index (χ2n) is 6.21. The van der Waals surface area contributed by atoms with Crippen LogP contribution in [0.1, 0.15) is 39.5 Å². The molecular weight excluding hydrogens is 319 g/mol. The molecule has 0 bridgehead atoms. The summed E-state index contributed by atoms with van der Waals surface area (Å²) in [4.78, 5) is 30.7. The number of rotatable bonds is 6. The summed E-state index contributed by atoms with van der Waals surface area (Å²) < 4.78 is 0.626. The Morgan fingerprint density at radius 3 is 2.38 bits per heavy atom. The number of hydrogen-bond acceptors (Lipinski definition) is 6. The first kappa shape index (κ1) is 18.1. The minimum Gasteiger partial charge on any atom is -0.492 e. The summed E-state index contributed by atoms with van der Waals surface area (Å²) in [5, 5.41) is 21.4. The molecule has 1 saturated heterocycles. The van der Waals surface area contributed by atoms with Crippen LogP contribution in [0.2, 0.25) is 0 Å². The Balaban J connectivity index is 1.71. The average molecular weight is 344 g/mol. The summed E-state index contributed by atoms with van der Waals surface area (Å²) in [5.74, 6) is -1.55. The van der Waals surface area contributed by atoms with E-state index in [0.29, 0.717) is 23.4 Å². The predicted octanol–water partition coefficient (Wildman–Crippen LogP) is 0.624. The predicted molar refractivity (Wildman–Crippen MR) is 86.5 cm³/mol. The Morgan fingerprint density at radius 1 is 1.21 bits per heavy atom. The third-order valence-electron chi connectivity index (χ3n) is 4.34. The van der Waals surface area contributed by atoms with Gasteiger partial charge in [0.1, 0.15) is 0 Å². The number of likely N-dealkylation sites (tertiary alicyclic amines) is 1. The van der Waals surface area contributed by atoms with Crippen molar-refractivity contribution in [1.82, 2.24) is 14.9 Å². The molecule has 0 spiro atoms. The van der Waals surface area contributed by atoms with Gasteiger partial charge >= 0.3 is 5.97 Å². The molecular formula is C16H25N3O5. The lowest BCUT2D eigenvalue weighted by molar-refractivity contribution is -0.145. The second kappa shape index (κ2) is 8.05. The fourth-order valence-electron chi connectivity index (χ4n) is 2.95. The van der Waals surface area contributed by atoms with E-state index in [1.807, 2.05) is 0 Å². The third-order valence-corrected chi connectivity index (χ3v) is 4.34. The van der Waals surface area contributed by atoms with Crippen LogP contribution in [0.25, 0.3) is 0 Å². The average Bonchev–Trinajstić information content (AvgIpc) is 2.83. The van der Waals surface area contributed by atoms with Crippen molar-refractivity contribution in [2.24, 2.45) is 0 Å². The van der Waals surface area contributed by atoms with Crippen LogP contribution >= 0.6 is 0 Å². The number of piperidine rings is 1. The van der Waals surface area contributed by atoms with E-state index in [1.54, 1.807) is 0 Å². The maximum atomic E-state index is 12.0. The van der Waals surface area contributed by atoms with Gasteiger partial charge in [0.15, 0.2) is 0 Å². The Bertz CT molecular complexity index is 557. The number of carbonyl (C=O) groups is 2. The molecule has 0 unspecified atom stereocenters. The lowest BCUT2D eigenvalue weighted by Crippen LogP contribution is -2.48. The second-order valence-corrected chi connectivity index (χ2v) is 6.21. The fraction of sp³-hybridized carbons (Fsp3) is 0.625. The van der Waals surface area contributed by atoms with E-state index in [2.05, 4.69) is 24.1 Å². The third kappa shape index (κ3) is 4.64. The minimum atomic E-state index is -0.670. The molecule has 0 aliphatic carbocycles. The number of aromatic nitrogens is 1. The highest BCUT2D eigenvalue weighted by Gasteiger charge is 2.26. The summed E-state index contributed by atoms with van der Waals surface area (Å²) in [5.41, 5.74) is 0. The van der Waals surface area contributed by atoms with Crippen LogP contribution in [0.4, 0.5) is 0 Å². The lowest BCUT2D eigenvalue weighted by Gasteiger charge is -2.38. The topological polar surface area (TPSA) is 104 Å². The Kier molecular flexibility index (Phi) is 6.08. The van der Waals surface area contributed by atoms with Gasteiger partial charge in [0.05, 0.1) is 13.0 Å². The van der Waals surface area contributed by atoms with E-state index in [1.165, 1.54) is 18.6 Å². The normalized spacial score (nSPS) is 21.4. The van der Waals surface area contributed by atoms with Gasteiger partial charge in [-0.3, -0.25) is 9.69 Å². The lowest BCUT2D eigenvalue weighted by atomic mass is 10.3. The van der Waals surface area contributed by atoms with Crippen LogP contribution in [0.3, 0.4) is 0 Å². The molecule has 134 valence electrons. The van der Waals surface area contributed by atoms with Gasteiger partial charge in [-0.05, 0) is 26.7 Å². The zero-order chi connectivity index (χ0) is 17.7. The SMILES string of the molecule is [13CH3][13C@@H]1CCC[13C@H]([13CH3])N1CC(=O)[15NH]CCC(=O)On1c(O)ccc1O. The fourth-order valence-corrected chi connectivity index (χ4v) is 2.95. The van der Waals surface area contributed by atoms with E-state index in [0.717, 1.165) is 12.8 Å². The molecule has 1 amide bonds. The van der Waals surface area contributed by atoms with Gasteiger partial charge in [0, 0.05) is 30.8 Å². The van der Waals surface area contributed by atoms with Gasteiger partial charge in [-0.25, -0.2) is 4.79 Å². The smallest absolute Gasteiger partial charge is 0.334 e. The quantitative estimate of drug-likeness (QED) is 0.516. The summed E-state index contributed by atoms with van der Waals surface area (Å²) in [7, 11) is 0. The van der Waals surface area contributed by atoms with Crippen LogP contribution in [0.5, 0.6) is 11.8 Å². The van der Waals surface area contributed by atoms with Crippen LogP contribution in [-0.4, -0.2) is 56.9 Å². The molecule has 1 aromatic rings. The molecule has 0 aromatic carbocycles. The van der Waals surface area contributed by atoms with Crippen molar-refractivity contribution in [1.29, 1.82) is 0 Å². The Morgan fingerprint density at radius 2 is 1.79 bits per heavy atom. The number of amides is 1. The van der Waals surface area contributed by atoms with Crippen molar-refractivity contribution >= 4 is 11.9 Å². The number of carbonyl (C=O) groups excluding carboxylic acids is 2. The van der Waals surface area contributed by atoms with E-state index in [-0.39, 0.29) is 30.6 Å². The molecule has 1 aliphatic heterocycles. The van der Waals surface area contributed by atoms with Gasteiger partial charge in [-0.1, -0.05) is 6.42 Å². The Hall–Kier alpha value is -2.22. The monoisotopic (exact) mass is 344 g/mol. The molecule has 1 aliphatic rings. The van der Waals surface area contributed by atoms with Crippen molar-refractivity contribution in [2.45, 2.75) is 51.6 Å². The van der Waals surface area contributed by atoms with Crippen molar-refractivity contribution in [3.63, 3.8) is 0 Å². The number of nitrogens with one attached hydrogen (secondary N) is 1. The van der Waals surface area contributed by atoms with Crippen LogP contribution in [-0.2, 0) is 9.59 Å². The Labute approximate surface area is 141 Å². The molecule has 1 fully saturated rings. The highest BCUT2D eigenvalue weighted by atomic mass is 16.7. The van der Waals surface area contributed by atoms with Gasteiger partial charge in [-0.2, -0.15) is 0 Å². The van der Waals surface area contributed by atoms with Crippen molar-refractivity contribution < 1.29 is 24.6 Å². The maximum Gasteiger partial charge on any atom is 0.334 e. The number of hydrogen-bond donors (Lipinski definition) is 3. The van der Waals surface area contributed by atoms with Crippen molar-refractivity contribution in [3.8, 4) is 11.8 Å². The molecule has 2 heterocycles. The highest BCUT2D eigenvalue weighted by Crippen LogP contribution is 2.21. The summed E-state index contributed by atoms with van der Waals surface area (Å²) in [6.07, 6.45) is 3.31. The maximum absolute atomic E-state index is 12.0. The van der Waals surface area contributed by atoms with Crippen LogP contribution in [0, 0.1) is 0 Å². The van der Waals surface area contributed by atoms with Crippen LogP contribution < -0.4 is 10.2 Å².